The van der Waals surface area contributed by atoms with Crippen molar-refractivity contribution in [1.82, 2.24) is 4.90 Å². The highest BCUT2D eigenvalue weighted by atomic mass is 16.5. The highest BCUT2D eigenvalue weighted by Gasteiger charge is 2.40. The molecule has 3 nitrogen and oxygen atoms in total. The highest BCUT2D eigenvalue weighted by Crippen LogP contribution is 2.30. The lowest BCUT2D eigenvalue weighted by atomic mass is 10.0. The van der Waals surface area contributed by atoms with Crippen molar-refractivity contribution in [3.63, 3.8) is 0 Å². The van der Waals surface area contributed by atoms with Crippen LogP contribution in [0.5, 0.6) is 0 Å². The summed E-state index contributed by atoms with van der Waals surface area (Å²) in [7, 11) is 0. The zero-order valence-electron chi connectivity index (χ0n) is 9.80. The molecule has 2 aliphatic heterocycles. The lowest BCUT2D eigenvalue weighted by Crippen LogP contribution is -2.37. The second-order valence-electron chi connectivity index (χ2n) is 4.56. The Balaban J connectivity index is 1.88. The van der Waals surface area contributed by atoms with Crippen molar-refractivity contribution in [3.05, 3.63) is 47.6 Å². The van der Waals surface area contributed by atoms with Crippen LogP contribution in [0.4, 0.5) is 0 Å². The van der Waals surface area contributed by atoms with Crippen molar-refractivity contribution >= 4 is 5.91 Å². The van der Waals surface area contributed by atoms with Crippen LogP contribution in [0.3, 0.4) is 0 Å². The van der Waals surface area contributed by atoms with Gasteiger partial charge in [0.25, 0.3) is 0 Å². The van der Waals surface area contributed by atoms with Gasteiger partial charge in [0.05, 0.1) is 12.6 Å². The summed E-state index contributed by atoms with van der Waals surface area (Å²) < 4.78 is 5.74. The first-order chi connectivity index (χ1) is 8.27. The summed E-state index contributed by atoms with van der Waals surface area (Å²) in [6.45, 7) is 2.66. The Hall–Kier alpha value is -1.61. The molecule has 3 aliphatic rings. The van der Waals surface area contributed by atoms with Gasteiger partial charge in [-0.3, -0.25) is 4.79 Å². The molecule has 0 aromatic heterocycles. The maximum Gasteiger partial charge on any atom is 0.249 e. The van der Waals surface area contributed by atoms with Crippen LogP contribution in [0.15, 0.2) is 47.6 Å². The van der Waals surface area contributed by atoms with Crippen molar-refractivity contribution in [1.29, 1.82) is 0 Å². The summed E-state index contributed by atoms with van der Waals surface area (Å²) >= 11 is 0. The van der Waals surface area contributed by atoms with Crippen molar-refractivity contribution in [2.45, 2.75) is 25.6 Å². The number of carbonyl (C=O) groups is 1. The van der Waals surface area contributed by atoms with Gasteiger partial charge in [-0.1, -0.05) is 30.4 Å². The van der Waals surface area contributed by atoms with Gasteiger partial charge in [0.1, 0.15) is 0 Å². The van der Waals surface area contributed by atoms with Gasteiger partial charge in [0.15, 0.2) is 6.23 Å². The average Bonchev–Trinajstić information content (AvgIpc) is 2.93. The van der Waals surface area contributed by atoms with E-state index in [9.17, 15) is 4.79 Å². The Morgan fingerprint density at radius 1 is 1.41 bits per heavy atom. The van der Waals surface area contributed by atoms with Gasteiger partial charge in [-0.25, -0.2) is 0 Å². The lowest BCUT2D eigenvalue weighted by molar-refractivity contribution is -0.129. The Morgan fingerprint density at radius 2 is 2.29 bits per heavy atom. The average molecular weight is 229 g/mol. The van der Waals surface area contributed by atoms with Crippen LogP contribution < -0.4 is 0 Å². The summed E-state index contributed by atoms with van der Waals surface area (Å²) in [5, 5.41) is 0. The summed E-state index contributed by atoms with van der Waals surface area (Å²) in [6, 6.07) is 0.131. The van der Waals surface area contributed by atoms with Crippen LogP contribution in [0.25, 0.3) is 0 Å². The molecule has 1 saturated heterocycles. The summed E-state index contributed by atoms with van der Waals surface area (Å²) in [5.41, 5.74) is 2.39. The van der Waals surface area contributed by atoms with E-state index in [4.69, 9.17) is 4.74 Å². The van der Waals surface area contributed by atoms with Crippen molar-refractivity contribution < 1.29 is 9.53 Å². The van der Waals surface area contributed by atoms with Gasteiger partial charge in [0.2, 0.25) is 5.91 Å². The second-order valence-corrected chi connectivity index (χ2v) is 4.56. The second kappa shape index (κ2) is 4.00. The first-order valence-electron chi connectivity index (χ1n) is 5.92. The predicted molar refractivity (Wildman–Crippen MR) is 65.1 cm³/mol. The third-order valence-electron chi connectivity index (χ3n) is 3.51. The number of hydrogen-bond donors (Lipinski definition) is 0. The number of nitrogens with zero attached hydrogens (tertiary/aromatic N) is 1. The van der Waals surface area contributed by atoms with Crippen LogP contribution in [0.2, 0.25) is 0 Å². The maximum absolute atomic E-state index is 11.8. The molecule has 0 aromatic carbocycles. The molecule has 0 N–H and O–H groups in total. The van der Waals surface area contributed by atoms with E-state index in [0.29, 0.717) is 6.61 Å². The Bertz CT molecular complexity index is 471. The van der Waals surface area contributed by atoms with E-state index in [1.54, 1.807) is 6.08 Å². The van der Waals surface area contributed by atoms with Gasteiger partial charge < -0.3 is 9.64 Å². The third-order valence-corrected chi connectivity index (χ3v) is 3.51. The molecule has 0 saturated carbocycles. The summed E-state index contributed by atoms with van der Waals surface area (Å²) in [6.07, 6.45) is 12.6. The molecule has 1 aliphatic carbocycles. The molecule has 0 aromatic rings. The van der Waals surface area contributed by atoms with Crippen molar-refractivity contribution in [2.24, 2.45) is 0 Å². The van der Waals surface area contributed by atoms with Crippen LogP contribution in [0, 0.1) is 0 Å². The number of carbonyl (C=O) groups excluding carboxylic acids is 1. The molecule has 0 radical (unpaired) electrons. The SMILES string of the molecule is CC(=C1C=CC=CC1)C1OCC2C=CC(=O)N21. The first kappa shape index (κ1) is 10.5. The van der Waals surface area contributed by atoms with E-state index in [0.717, 1.165) is 12.0 Å². The number of amides is 1. The lowest BCUT2D eigenvalue weighted by Gasteiger charge is -2.24. The standard InChI is InChI=1S/C14H15NO2/c1-10(11-5-3-2-4-6-11)14-15-12(9-17-14)7-8-13(15)16/h2-5,7-8,12,14H,6,9H2,1H3. The molecule has 3 heteroatoms. The molecule has 0 bridgehead atoms. The van der Waals surface area contributed by atoms with Gasteiger partial charge in [-0.15, -0.1) is 0 Å². The topological polar surface area (TPSA) is 29.5 Å². The number of fused-ring (bicyclic) bond motifs is 1. The smallest absolute Gasteiger partial charge is 0.249 e. The fourth-order valence-electron chi connectivity index (χ4n) is 2.53. The number of hydrogen-bond acceptors (Lipinski definition) is 2. The number of allylic oxidation sites excluding steroid dienone is 5. The number of rotatable bonds is 1. The van der Waals surface area contributed by atoms with E-state index in [1.165, 1.54) is 5.57 Å². The molecule has 1 amide bonds. The van der Waals surface area contributed by atoms with E-state index in [-0.39, 0.29) is 18.2 Å². The van der Waals surface area contributed by atoms with Crippen LogP contribution in [-0.2, 0) is 9.53 Å². The quantitative estimate of drug-likeness (QED) is 0.687. The zero-order valence-corrected chi connectivity index (χ0v) is 9.80. The Labute approximate surface area is 101 Å². The third kappa shape index (κ3) is 1.67. The van der Waals surface area contributed by atoms with Crippen molar-refractivity contribution in [2.75, 3.05) is 6.61 Å². The molecule has 1 fully saturated rings. The minimum atomic E-state index is -0.186. The van der Waals surface area contributed by atoms with E-state index < -0.39 is 0 Å². The summed E-state index contributed by atoms with van der Waals surface area (Å²) in [4.78, 5) is 13.6. The number of ether oxygens (including phenoxy) is 1. The summed E-state index contributed by atoms with van der Waals surface area (Å²) in [5.74, 6) is 0.0628. The van der Waals surface area contributed by atoms with E-state index in [1.807, 2.05) is 23.1 Å². The van der Waals surface area contributed by atoms with Gasteiger partial charge in [-0.05, 0) is 24.5 Å². The molecule has 2 atom stereocenters. The van der Waals surface area contributed by atoms with Crippen LogP contribution in [0.1, 0.15) is 13.3 Å². The maximum atomic E-state index is 11.8. The van der Waals surface area contributed by atoms with E-state index in [2.05, 4.69) is 19.1 Å². The molecule has 2 unspecified atom stereocenters. The van der Waals surface area contributed by atoms with Crippen molar-refractivity contribution in [3.8, 4) is 0 Å². The largest absolute Gasteiger partial charge is 0.352 e. The zero-order chi connectivity index (χ0) is 11.8. The molecule has 88 valence electrons. The van der Waals surface area contributed by atoms with Gasteiger partial charge >= 0.3 is 0 Å². The van der Waals surface area contributed by atoms with Crippen LogP contribution in [-0.4, -0.2) is 29.7 Å². The van der Waals surface area contributed by atoms with Crippen LogP contribution >= 0.6 is 0 Å². The highest BCUT2D eigenvalue weighted by molar-refractivity contribution is 5.91. The first-order valence-corrected chi connectivity index (χ1v) is 5.92. The molecule has 3 rings (SSSR count). The molecule has 2 heterocycles. The van der Waals surface area contributed by atoms with E-state index >= 15 is 0 Å². The molecule has 17 heavy (non-hydrogen) atoms. The Kier molecular flexibility index (Phi) is 2.48. The van der Waals surface area contributed by atoms with Gasteiger partial charge in [-0.2, -0.15) is 0 Å². The monoisotopic (exact) mass is 229 g/mol. The Morgan fingerprint density at radius 3 is 3.06 bits per heavy atom. The molecular formula is C14H15NO2. The fourth-order valence-corrected chi connectivity index (χ4v) is 2.53. The predicted octanol–water partition coefficient (Wildman–Crippen LogP) is 1.94. The fraction of sp³-hybridized carbons (Fsp3) is 0.357. The minimum absolute atomic E-state index is 0.0628. The molecular weight excluding hydrogens is 214 g/mol. The minimum Gasteiger partial charge on any atom is -0.352 e. The normalized spacial score (nSPS) is 33.5. The van der Waals surface area contributed by atoms with Gasteiger partial charge in [0, 0.05) is 6.08 Å². The molecule has 0 spiro atoms.